The van der Waals surface area contributed by atoms with Gasteiger partial charge in [-0.05, 0) is 31.7 Å². The van der Waals surface area contributed by atoms with Crippen LogP contribution in [0, 0.1) is 11.8 Å². The van der Waals surface area contributed by atoms with Gasteiger partial charge in [-0.15, -0.1) is 0 Å². The molecule has 2 unspecified atom stereocenters. The second-order valence-corrected chi connectivity index (χ2v) is 5.34. The van der Waals surface area contributed by atoms with Crippen LogP contribution in [0.5, 0.6) is 0 Å². The molecule has 0 aromatic heterocycles. The zero-order valence-corrected chi connectivity index (χ0v) is 9.66. The number of nitrogens with zero attached hydrogens (tertiary/aromatic N) is 1. The first-order chi connectivity index (χ1) is 6.44. The molecule has 3 heteroatoms. The van der Waals surface area contributed by atoms with Crippen molar-refractivity contribution in [2.75, 3.05) is 26.2 Å². The van der Waals surface area contributed by atoms with Crippen molar-refractivity contribution in [2.45, 2.75) is 32.7 Å². The van der Waals surface area contributed by atoms with E-state index in [2.05, 4.69) is 18.7 Å². The van der Waals surface area contributed by atoms with Crippen molar-refractivity contribution in [2.24, 2.45) is 17.6 Å². The lowest BCUT2D eigenvalue weighted by atomic mass is 9.95. The lowest BCUT2D eigenvalue weighted by Gasteiger charge is -2.28. The summed E-state index contributed by atoms with van der Waals surface area (Å²) in [7, 11) is 0. The molecule has 1 saturated heterocycles. The normalized spacial score (nSPS) is 28.3. The highest BCUT2D eigenvalue weighted by Gasteiger charge is 2.29. The Morgan fingerprint density at radius 3 is 2.64 bits per heavy atom. The highest BCUT2D eigenvalue weighted by molar-refractivity contribution is 4.86. The Bertz CT molecular complexity index is 180. The van der Waals surface area contributed by atoms with Gasteiger partial charge in [0, 0.05) is 18.6 Å². The molecule has 0 amide bonds. The van der Waals surface area contributed by atoms with Crippen molar-refractivity contribution in [3.63, 3.8) is 0 Å². The summed E-state index contributed by atoms with van der Waals surface area (Å²) in [5.74, 6) is 1.57. The Morgan fingerprint density at radius 1 is 1.57 bits per heavy atom. The first-order valence-corrected chi connectivity index (χ1v) is 5.57. The van der Waals surface area contributed by atoms with Crippen molar-refractivity contribution in [3.8, 4) is 0 Å². The van der Waals surface area contributed by atoms with E-state index in [0.717, 1.165) is 31.5 Å². The average Bonchev–Trinajstić information content (AvgIpc) is 2.52. The van der Waals surface area contributed by atoms with Crippen LogP contribution >= 0.6 is 0 Å². The molecule has 0 aliphatic carbocycles. The molecular formula is C11H24N2O. The lowest BCUT2D eigenvalue weighted by molar-refractivity contribution is 0.158. The zero-order valence-electron chi connectivity index (χ0n) is 9.66. The summed E-state index contributed by atoms with van der Waals surface area (Å²) in [5, 5.41) is 9.08. The summed E-state index contributed by atoms with van der Waals surface area (Å²) in [5.41, 5.74) is 5.49. The summed E-state index contributed by atoms with van der Waals surface area (Å²) in [6, 6.07) is 0. The number of hydrogen-bond acceptors (Lipinski definition) is 3. The van der Waals surface area contributed by atoms with Crippen molar-refractivity contribution in [3.05, 3.63) is 0 Å². The maximum absolute atomic E-state index is 9.08. The minimum atomic E-state index is -0.439. The van der Waals surface area contributed by atoms with Gasteiger partial charge in [-0.3, -0.25) is 0 Å². The summed E-state index contributed by atoms with van der Waals surface area (Å²) < 4.78 is 0. The standard InChI is InChI=1S/C11H24N2O/c1-9(2)10-4-5-13(6-10)7-11(3,12)8-14/h9-10,14H,4-8,12H2,1-3H3. The van der Waals surface area contributed by atoms with Crippen LogP contribution in [0.15, 0.2) is 0 Å². The van der Waals surface area contributed by atoms with Gasteiger partial charge in [-0.2, -0.15) is 0 Å². The molecule has 1 aliphatic rings. The molecule has 3 nitrogen and oxygen atoms in total. The van der Waals surface area contributed by atoms with E-state index >= 15 is 0 Å². The molecule has 2 atom stereocenters. The minimum absolute atomic E-state index is 0.0653. The molecular weight excluding hydrogens is 176 g/mol. The molecule has 0 radical (unpaired) electrons. The van der Waals surface area contributed by atoms with Crippen molar-refractivity contribution >= 4 is 0 Å². The number of likely N-dealkylation sites (tertiary alicyclic amines) is 1. The van der Waals surface area contributed by atoms with Gasteiger partial charge in [-0.1, -0.05) is 13.8 Å². The van der Waals surface area contributed by atoms with Crippen LogP contribution < -0.4 is 5.73 Å². The third kappa shape index (κ3) is 3.23. The Labute approximate surface area is 87.3 Å². The van der Waals surface area contributed by atoms with E-state index in [1.165, 1.54) is 6.42 Å². The summed E-state index contributed by atoms with van der Waals surface area (Å²) in [6.07, 6.45) is 1.28. The monoisotopic (exact) mass is 200 g/mol. The molecule has 1 aliphatic heterocycles. The fourth-order valence-electron chi connectivity index (χ4n) is 2.11. The van der Waals surface area contributed by atoms with Crippen LogP contribution in [0.1, 0.15) is 27.2 Å². The molecule has 0 aromatic rings. The highest BCUT2D eigenvalue weighted by Crippen LogP contribution is 2.24. The second kappa shape index (κ2) is 4.60. The second-order valence-electron chi connectivity index (χ2n) is 5.34. The van der Waals surface area contributed by atoms with Gasteiger partial charge in [0.2, 0.25) is 0 Å². The highest BCUT2D eigenvalue weighted by atomic mass is 16.3. The summed E-state index contributed by atoms with van der Waals surface area (Å²) >= 11 is 0. The number of hydrogen-bond donors (Lipinski definition) is 2. The smallest absolute Gasteiger partial charge is 0.0621 e. The predicted molar refractivity (Wildman–Crippen MR) is 59.1 cm³/mol. The van der Waals surface area contributed by atoms with Gasteiger partial charge in [0.15, 0.2) is 0 Å². The van der Waals surface area contributed by atoms with E-state index in [0.29, 0.717) is 0 Å². The Kier molecular flexibility index (Phi) is 3.93. The number of aliphatic hydroxyl groups is 1. The third-order valence-electron chi connectivity index (χ3n) is 3.20. The van der Waals surface area contributed by atoms with Gasteiger partial charge >= 0.3 is 0 Å². The average molecular weight is 200 g/mol. The first-order valence-electron chi connectivity index (χ1n) is 5.57. The molecule has 3 N–H and O–H groups in total. The van der Waals surface area contributed by atoms with Gasteiger partial charge in [0.25, 0.3) is 0 Å². The fourth-order valence-corrected chi connectivity index (χ4v) is 2.11. The van der Waals surface area contributed by atoms with Crippen LogP contribution in [0.2, 0.25) is 0 Å². The van der Waals surface area contributed by atoms with Gasteiger partial charge in [0.1, 0.15) is 0 Å². The van der Waals surface area contributed by atoms with Gasteiger partial charge < -0.3 is 15.7 Å². The van der Waals surface area contributed by atoms with Crippen LogP contribution in [0.25, 0.3) is 0 Å². The molecule has 0 bridgehead atoms. The van der Waals surface area contributed by atoms with Crippen LogP contribution in [0.4, 0.5) is 0 Å². The minimum Gasteiger partial charge on any atom is -0.394 e. The van der Waals surface area contributed by atoms with Crippen molar-refractivity contribution in [1.82, 2.24) is 4.90 Å². The maximum Gasteiger partial charge on any atom is 0.0621 e. The summed E-state index contributed by atoms with van der Waals surface area (Å²) in [4.78, 5) is 2.38. The Hall–Kier alpha value is -0.120. The van der Waals surface area contributed by atoms with E-state index in [1.54, 1.807) is 0 Å². The van der Waals surface area contributed by atoms with E-state index in [1.807, 2.05) is 6.92 Å². The van der Waals surface area contributed by atoms with E-state index in [-0.39, 0.29) is 6.61 Å². The lowest BCUT2D eigenvalue weighted by Crippen LogP contribution is -2.50. The van der Waals surface area contributed by atoms with Crippen LogP contribution in [-0.2, 0) is 0 Å². The number of aliphatic hydroxyl groups excluding tert-OH is 1. The van der Waals surface area contributed by atoms with E-state index < -0.39 is 5.54 Å². The largest absolute Gasteiger partial charge is 0.394 e. The number of rotatable bonds is 4. The molecule has 1 heterocycles. The van der Waals surface area contributed by atoms with Gasteiger partial charge in [-0.25, -0.2) is 0 Å². The first kappa shape index (κ1) is 12.0. The molecule has 84 valence electrons. The predicted octanol–water partition coefficient (Wildman–Crippen LogP) is 0.674. The quantitative estimate of drug-likeness (QED) is 0.701. The third-order valence-corrected chi connectivity index (χ3v) is 3.20. The maximum atomic E-state index is 9.08. The molecule has 0 saturated carbocycles. The molecule has 1 rings (SSSR count). The van der Waals surface area contributed by atoms with Gasteiger partial charge in [0.05, 0.1) is 6.61 Å². The fraction of sp³-hybridized carbons (Fsp3) is 1.00. The van der Waals surface area contributed by atoms with E-state index in [4.69, 9.17) is 10.8 Å². The number of nitrogens with two attached hydrogens (primary N) is 1. The van der Waals surface area contributed by atoms with Crippen LogP contribution in [0.3, 0.4) is 0 Å². The zero-order chi connectivity index (χ0) is 10.8. The topological polar surface area (TPSA) is 49.5 Å². The Balaban J connectivity index is 2.36. The molecule has 14 heavy (non-hydrogen) atoms. The van der Waals surface area contributed by atoms with E-state index in [9.17, 15) is 0 Å². The van der Waals surface area contributed by atoms with Crippen molar-refractivity contribution in [1.29, 1.82) is 0 Å². The Morgan fingerprint density at radius 2 is 2.21 bits per heavy atom. The molecule has 0 aromatic carbocycles. The SMILES string of the molecule is CC(C)C1CCN(CC(C)(N)CO)C1. The van der Waals surface area contributed by atoms with Crippen LogP contribution in [-0.4, -0.2) is 41.8 Å². The molecule has 0 spiro atoms. The molecule has 1 fully saturated rings. The van der Waals surface area contributed by atoms with Crippen molar-refractivity contribution < 1.29 is 5.11 Å². The summed E-state index contributed by atoms with van der Waals surface area (Å²) in [6.45, 7) is 9.63.